The average molecular weight is 266 g/mol. The number of carbonyl (C=O) groups is 1. The Morgan fingerprint density at radius 2 is 2.21 bits per heavy atom. The van der Waals surface area contributed by atoms with Gasteiger partial charge >= 0.3 is 0 Å². The minimum Gasteiger partial charge on any atom is -0.353 e. The third kappa shape index (κ3) is 1.81. The average Bonchev–Trinajstić information content (AvgIpc) is 2.71. The van der Waals surface area contributed by atoms with Crippen LogP contribution < -0.4 is 0 Å². The zero-order valence-electron chi connectivity index (χ0n) is 12.4. The number of hydrogen-bond donors (Lipinski definition) is 0. The van der Waals surface area contributed by atoms with Gasteiger partial charge in [0.2, 0.25) is 0 Å². The van der Waals surface area contributed by atoms with Gasteiger partial charge in [0.05, 0.1) is 6.10 Å². The zero-order valence-corrected chi connectivity index (χ0v) is 12.4. The number of rotatable bonds is 2. The Labute approximate surface area is 116 Å². The molecule has 19 heavy (non-hydrogen) atoms. The first-order valence-electron chi connectivity index (χ1n) is 7.80. The molecular formula is C16H26O3. The molecule has 4 unspecified atom stereocenters. The maximum absolute atomic E-state index is 12.1. The molecule has 1 spiro atoms. The fourth-order valence-corrected chi connectivity index (χ4v) is 4.95. The van der Waals surface area contributed by atoms with Gasteiger partial charge in [-0.05, 0) is 37.5 Å². The van der Waals surface area contributed by atoms with E-state index in [1.807, 2.05) is 6.92 Å². The van der Waals surface area contributed by atoms with Crippen molar-refractivity contribution in [2.75, 3.05) is 6.61 Å². The summed E-state index contributed by atoms with van der Waals surface area (Å²) in [4.78, 5) is 12.1. The molecule has 1 heterocycles. The van der Waals surface area contributed by atoms with Crippen LogP contribution in [0.1, 0.15) is 59.3 Å². The number of ether oxygens (including phenoxy) is 2. The molecule has 0 bridgehead atoms. The van der Waals surface area contributed by atoms with Crippen molar-refractivity contribution in [1.29, 1.82) is 0 Å². The lowest BCUT2D eigenvalue weighted by Gasteiger charge is -2.58. The van der Waals surface area contributed by atoms with Crippen LogP contribution in [0.2, 0.25) is 0 Å². The molecule has 1 saturated heterocycles. The summed E-state index contributed by atoms with van der Waals surface area (Å²) >= 11 is 0. The van der Waals surface area contributed by atoms with Crippen molar-refractivity contribution < 1.29 is 14.3 Å². The highest BCUT2D eigenvalue weighted by atomic mass is 16.7. The van der Waals surface area contributed by atoms with Gasteiger partial charge in [-0.15, -0.1) is 0 Å². The Hall–Kier alpha value is -0.410. The highest BCUT2D eigenvalue weighted by Gasteiger charge is 2.64. The van der Waals surface area contributed by atoms with Crippen LogP contribution in [0.25, 0.3) is 0 Å². The van der Waals surface area contributed by atoms with Gasteiger partial charge in [-0.2, -0.15) is 0 Å². The molecule has 0 N–H and O–H groups in total. The van der Waals surface area contributed by atoms with Crippen molar-refractivity contribution in [3.05, 3.63) is 0 Å². The first kappa shape index (κ1) is 13.6. The van der Waals surface area contributed by atoms with Gasteiger partial charge in [0.1, 0.15) is 5.78 Å². The molecule has 3 rings (SSSR count). The SMILES string of the molecule is CCO[C@H]1CC23CC(=O)CCC2(C)C(C)CCC3O1. The van der Waals surface area contributed by atoms with Gasteiger partial charge in [-0.3, -0.25) is 4.79 Å². The zero-order chi connectivity index (χ0) is 13.7. The Balaban J connectivity index is 1.95. The van der Waals surface area contributed by atoms with Crippen molar-refractivity contribution in [1.82, 2.24) is 0 Å². The minimum atomic E-state index is -0.0921. The summed E-state index contributed by atoms with van der Waals surface area (Å²) in [5.74, 6) is 1.11. The van der Waals surface area contributed by atoms with E-state index in [1.54, 1.807) is 0 Å². The van der Waals surface area contributed by atoms with Crippen molar-refractivity contribution in [3.63, 3.8) is 0 Å². The van der Waals surface area contributed by atoms with E-state index in [0.717, 1.165) is 25.7 Å². The van der Waals surface area contributed by atoms with Gasteiger partial charge in [0.25, 0.3) is 0 Å². The summed E-state index contributed by atoms with van der Waals surface area (Å²) in [5, 5.41) is 0. The highest BCUT2D eigenvalue weighted by Crippen LogP contribution is 2.65. The molecule has 0 amide bonds. The van der Waals surface area contributed by atoms with Gasteiger partial charge < -0.3 is 9.47 Å². The maximum atomic E-state index is 12.1. The lowest BCUT2D eigenvalue weighted by atomic mass is 9.46. The molecular weight excluding hydrogens is 240 g/mol. The van der Waals surface area contributed by atoms with Crippen LogP contribution in [0.15, 0.2) is 0 Å². The summed E-state index contributed by atoms with van der Waals surface area (Å²) < 4.78 is 11.9. The van der Waals surface area contributed by atoms with Gasteiger partial charge in [-0.1, -0.05) is 13.8 Å². The second kappa shape index (κ2) is 4.56. The van der Waals surface area contributed by atoms with E-state index in [0.29, 0.717) is 24.7 Å². The Morgan fingerprint density at radius 1 is 1.42 bits per heavy atom. The van der Waals surface area contributed by atoms with Crippen LogP contribution in [0, 0.1) is 16.7 Å². The van der Waals surface area contributed by atoms with E-state index in [9.17, 15) is 4.79 Å². The third-order valence-corrected chi connectivity index (χ3v) is 6.34. The molecule has 3 nitrogen and oxygen atoms in total. The lowest BCUT2D eigenvalue weighted by Crippen LogP contribution is -2.56. The van der Waals surface area contributed by atoms with Crippen molar-refractivity contribution in [3.8, 4) is 0 Å². The number of ketones is 1. The minimum absolute atomic E-state index is 0.0415. The van der Waals surface area contributed by atoms with Crippen LogP contribution in [-0.4, -0.2) is 24.8 Å². The first-order chi connectivity index (χ1) is 9.02. The van der Waals surface area contributed by atoms with E-state index in [-0.39, 0.29) is 23.2 Å². The van der Waals surface area contributed by atoms with Gasteiger partial charge in [-0.25, -0.2) is 0 Å². The van der Waals surface area contributed by atoms with Crippen LogP contribution >= 0.6 is 0 Å². The molecule has 0 aromatic carbocycles. The smallest absolute Gasteiger partial charge is 0.158 e. The fraction of sp³-hybridized carbons (Fsp3) is 0.938. The van der Waals surface area contributed by atoms with E-state index < -0.39 is 0 Å². The topological polar surface area (TPSA) is 35.5 Å². The van der Waals surface area contributed by atoms with E-state index in [4.69, 9.17) is 9.47 Å². The second-order valence-corrected chi connectivity index (χ2v) is 6.98. The number of hydrogen-bond acceptors (Lipinski definition) is 3. The lowest BCUT2D eigenvalue weighted by molar-refractivity contribution is -0.166. The molecule has 2 saturated carbocycles. The van der Waals surface area contributed by atoms with Gasteiger partial charge in [0, 0.05) is 31.3 Å². The van der Waals surface area contributed by atoms with Crippen LogP contribution in [-0.2, 0) is 14.3 Å². The molecule has 108 valence electrons. The molecule has 0 aromatic rings. The van der Waals surface area contributed by atoms with E-state index in [2.05, 4.69) is 13.8 Å². The molecule has 5 atom stereocenters. The summed E-state index contributed by atoms with van der Waals surface area (Å²) in [7, 11) is 0. The molecule has 0 aromatic heterocycles. The highest BCUT2D eigenvalue weighted by molar-refractivity contribution is 5.80. The second-order valence-electron chi connectivity index (χ2n) is 6.98. The normalized spacial score (nSPS) is 49.8. The molecule has 2 aliphatic carbocycles. The van der Waals surface area contributed by atoms with Crippen molar-refractivity contribution >= 4 is 5.78 Å². The van der Waals surface area contributed by atoms with E-state index >= 15 is 0 Å². The fourth-order valence-electron chi connectivity index (χ4n) is 4.95. The standard InChI is InChI=1S/C16H26O3/c1-4-18-14-10-16-9-12(17)7-8-15(16,3)11(2)5-6-13(16)19-14/h11,13-14H,4-10H2,1-3H3/t11?,13?,14-,15?,16?/m1/s1. The Bertz CT molecular complexity index is 380. The summed E-state index contributed by atoms with van der Waals surface area (Å²) in [6, 6.07) is 0. The predicted molar refractivity (Wildman–Crippen MR) is 72.7 cm³/mol. The maximum Gasteiger partial charge on any atom is 0.158 e. The van der Waals surface area contributed by atoms with Crippen LogP contribution in [0.4, 0.5) is 0 Å². The van der Waals surface area contributed by atoms with Gasteiger partial charge in [0.15, 0.2) is 6.29 Å². The Morgan fingerprint density at radius 3 is 2.95 bits per heavy atom. The molecule has 3 aliphatic rings. The monoisotopic (exact) mass is 266 g/mol. The molecule has 3 fully saturated rings. The summed E-state index contributed by atoms with van der Waals surface area (Å²) in [6.07, 6.45) is 5.87. The predicted octanol–water partition coefficient (Wildman–Crippen LogP) is 3.31. The van der Waals surface area contributed by atoms with Crippen molar-refractivity contribution in [2.24, 2.45) is 16.7 Å². The largest absolute Gasteiger partial charge is 0.353 e. The van der Waals surface area contributed by atoms with Crippen molar-refractivity contribution in [2.45, 2.75) is 71.7 Å². The van der Waals surface area contributed by atoms with E-state index in [1.165, 1.54) is 6.42 Å². The molecule has 3 heteroatoms. The number of carbonyl (C=O) groups excluding carboxylic acids is 1. The Kier molecular flexibility index (Phi) is 3.25. The summed E-state index contributed by atoms with van der Waals surface area (Å²) in [5.41, 5.74) is 0.287. The first-order valence-corrected chi connectivity index (χ1v) is 7.80. The number of Topliss-reactive ketones (excluding diaryl/α,β-unsaturated/α-hetero) is 1. The third-order valence-electron chi connectivity index (χ3n) is 6.34. The van der Waals surface area contributed by atoms with Crippen LogP contribution in [0.5, 0.6) is 0 Å². The summed E-state index contributed by atoms with van der Waals surface area (Å²) in [6.45, 7) is 7.46. The molecule has 1 aliphatic heterocycles. The molecule has 0 radical (unpaired) electrons. The quantitative estimate of drug-likeness (QED) is 0.769. The van der Waals surface area contributed by atoms with Crippen LogP contribution in [0.3, 0.4) is 0 Å².